The number of hydrogen-bond donors (Lipinski definition) is 0. The summed E-state index contributed by atoms with van der Waals surface area (Å²) in [7, 11) is 0. The third-order valence-electron chi connectivity index (χ3n) is 2.34. The van der Waals surface area contributed by atoms with Crippen molar-refractivity contribution in [2.75, 3.05) is 19.7 Å². The summed E-state index contributed by atoms with van der Waals surface area (Å²) in [6.07, 6.45) is 0.904. The Labute approximate surface area is 93.9 Å². The second-order valence-electron chi connectivity index (χ2n) is 4.21. The third-order valence-corrected chi connectivity index (χ3v) is 3.19. The van der Waals surface area contributed by atoms with Crippen molar-refractivity contribution in [3.05, 3.63) is 0 Å². The Bertz CT molecular complexity index is 218. The fourth-order valence-electron chi connectivity index (χ4n) is 1.75. The minimum atomic E-state index is -0.235. The second kappa shape index (κ2) is 4.62. The topological polar surface area (TPSA) is 29.5 Å². The number of amides is 1. The van der Waals surface area contributed by atoms with Gasteiger partial charge in [-0.2, -0.15) is 0 Å². The Hall–Kier alpha value is -0.0900. The average Bonchev–Trinajstić information content (AvgIpc) is 2.35. The van der Waals surface area contributed by atoms with E-state index in [0.29, 0.717) is 13.2 Å². The van der Waals surface area contributed by atoms with E-state index in [-0.39, 0.29) is 16.3 Å². The summed E-state index contributed by atoms with van der Waals surface area (Å²) in [6, 6.07) is 0. The molecule has 1 unspecified atom stereocenters. The lowest BCUT2D eigenvalue weighted by molar-refractivity contribution is -0.131. The van der Waals surface area contributed by atoms with Crippen LogP contribution in [0.3, 0.4) is 0 Å². The standard InChI is InChI=1S/C10H18BrNO2/c1-4-14-10(2,3)7-12-6-5-8(11)9(12)13/h8H,4-7H2,1-3H3. The van der Waals surface area contributed by atoms with Crippen LogP contribution in [0, 0.1) is 0 Å². The molecule has 0 bridgehead atoms. The number of nitrogens with zero attached hydrogens (tertiary/aromatic N) is 1. The van der Waals surface area contributed by atoms with Crippen LogP contribution in [-0.2, 0) is 9.53 Å². The van der Waals surface area contributed by atoms with Crippen LogP contribution in [0.15, 0.2) is 0 Å². The monoisotopic (exact) mass is 263 g/mol. The Morgan fingerprint density at radius 1 is 1.64 bits per heavy atom. The smallest absolute Gasteiger partial charge is 0.236 e. The largest absolute Gasteiger partial charge is 0.374 e. The maximum atomic E-state index is 11.6. The van der Waals surface area contributed by atoms with E-state index in [1.807, 2.05) is 25.7 Å². The summed E-state index contributed by atoms with van der Waals surface area (Å²) in [5.74, 6) is 0.192. The minimum Gasteiger partial charge on any atom is -0.374 e. The molecule has 0 aromatic rings. The first-order valence-electron chi connectivity index (χ1n) is 5.03. The van der Waals surface area contributed by atoms with E-state index in [2.05, 4.69) is 15.9 Å². The van der Waals surface area contributed by atoms with Gasteiger partial charge in [0.2, 0.25) is 5.91 Å². The van der Waals surface area contributed by atoms with Gasteiger partial charge < -0.3 is 9.64 Å². The molecule has 1 saturated heterocycles. The number of carbonyl (C=O) groups is 1. The van der Waals surface area contributed by atoms with E-state index in [1.165, 1.54) is 0 Å². The Balaban J connectivity index is 2.48. The summed E-state index contributed by atoms with van der Waals surface area (Å²) >= 11 is 3.36. The number of carbonyl (C=O) groups excluding carboxylic acids is 1. The van der Waals surface area contributed by atoms with Crippen LogP contribution in [0.4, 0.5) is 0 Å². The summed E-state index contributed by atoms with van der Waals surface area (Å²) in [5, 5.41) is 0. The van der Waals surface area contributed by atoms with Gasteiger partial charge in [-0.05, 0) is 27.2 Å². The normalized spacial score (nSPS) is 23.3. The van der Waals surface area contributed by atoms with Gasteiger partial charge in [-0.15, -0.1) is 0 Å². The average molecular weight is 264 g/mol. The van der Waals surface area contributed by atoms with Crippen LogP contribution in [0.2, 0.25) is 0 Å². The molecule has 0 spiro atoms. The predicted octanol–water partition coefficient (Wildman–Crippen LogP) is 1.80. The van der Waals surface area contributed by atoms with E-state index < -0.39 is 0 Å². The maximum Gasteiger partial charge on any atom is 0.236 e. The predicted molar refractivity (Wildman–Crippen MR) is 59.6 cm³/mol. The lowest BCUT2D eigenvalue weighted by Crippen LogP contribution is -2.42. The van der Waals surface area contributed by atoms with Gasteiger partial charge in [-0.1, -0.05) is 15.9 Å². The Morgan fingerprint density at radius 2 is 2.29 bits per heavy atom. The molecule has 0 aromatic carbocycles. The molecule has 0 aliphatic carbocycles. The highest BCUT2D eigenvalue weighted by atomic mass is 79.9. The van der Waals surface area contributed by atoms with Gasteiger partial charge in [0, 0.05) is 19.7 Å². The van der Waals surface area contributed by atoms with E-state index in [9.17, 15) is 4.79 Å². The van der Waals surface area contributed by atoms with Gasteiger partial charge >= 0.3 is 0 Å². The SMILES string of the molecule is CCOC(C)(C)CN1CCC(Br)C1=O. The second-order valence-corrected chi connectivity index (χ2v) is 5.31. The van der Waals surface area contributed by atoms with Crippen LogP contribution in [-0.4, -0.2) is 40.9 Å². The van der Waals surface area contributed by atoms with E-state index in [1.54, 1.807) is 0 Å². The van der Waals surface area contributed by atoms with Gasteiger partial charge in [0.15, 0.2) is 0 Å². The molecule has 82 valence electrons. The number of likely N-dealkylation sites (tertiary alicyclic amines) is 1. The molecule has 1 amide bonds. The summed E-state index contributed by atoms with van der Waals surface area (Å²) in [5.41, 5.74) is -0.235. The zero-order valence-electron chi connectivity index (χ0n) is 9.05. The summed E-state index contributed by atoms with van der Waals surface area (Å²) in [4.78, 5) is 13.5. The molecule has 0 N–H and O–H groups in total. The number of hydrogen-bond acceptors (Lipinski definition) is 2. The highest BCUT2D eigenvalue weighted by Crippen LogP contribution is 2.21. The molecule has 1 aliphatic heterocycles. The fourth-order valence-corrected chi connectivity index (χ4v) is 2.25. The molecule has 1 atom stereocenters. The molecule has 14 heavy (non-hydrogen) atoms. The first-order valence-corrected chi connectivity index (χ1v) is 5.94. The lowest BCUT2D eigenvalue weighted by Gasteiger charge is -2.30. The first kappa shape index (κ1) is 12.0. The van der Waals surface area contributed by atoms with E-state index >= 15 is 0 Å². The molecular weight excluding hydrogens is 246 g/mol. The van der Waals surface area contributed by atoms with E-state index in [4.69, 9.17) is 4.74 Å². The zero-order valence-corrected chi connectivity index (χ0v) is 10.6. The van der Waals surface area contributed by atoms with Gasteiger partial charge in [0.1, 0.15) is 0 Å². The van der Waals surface area contributed by atoms with Crippen molar-refractivity contribution >= 4 is 21.8 Å². The molecule has 0 radical (unpaired) electrons. The van der Waals surface area contributed by atoms with E-state index in [0.717, 1.165) is 13.0 Å². The van der Waals surface area contributed by atoms with Gasteiger partial charge in [0.25, 0.3) is 0 Å². The molecule has 1 rings (SSSR count). The number of rotatable bonds is 4. The summed E-state index contributed by atoms with van der Waals surface area (Å²) in [6.45, 7) is 8.22. The minimum absolute atomic E-state index is 0.0138. The zero-order chi connectivity index (χ0) is 10.8. The maximum absolute atomic E-state index is 11.6. The van der Waals surface area contributed by atoms with Crippen LogP contribution in [0.1, 0.15) is 27.2 Å². The van der Waals surface area contributed by atoms with Crippen LogP contribution < -0.4 is 0 Å². The van der Waals surface area contributed by atoms with Gasteiger partial charge in [-0.3, -0.25) is 4.79 Å². The van der Waals surface area contributed by atoms with Crippen molar-refractivity contribution in [1.29, 1.82) is 0 Å². The molecule has 3 nitrogen and oxygen atoms in total. The molecular formula is C10H18BrNO2. The molecule has 1 fully saturated rings. The highest BCUT2D eigenvalue weighted by molar-refractivity contribution is 9.10. The van der Waals surface area contributed by atoms with Crippen LogP contribution in [0.25, 0.3) is 0 Å². The van der Waals surface area contributed by atoms with Crippen molar-refractivity contribution in [2.24, 2.45) is 0 Å². The number of ether oxygens (including phenoxy) is 1. The lowest BCUT2D eigenvalue weighted by atomic mass is 10.1. The molecule has 1 aliphatic rings. The fraction of sp³-hybridized carbons (Fsp3) is 0.900. The third kappa shape index (κ3) is 2.95. The Kier molecular flexibility index (Phi) is 3.95. The van der Waals surface area contributed by atoms with Crippen LogP contribution in [0.5, 0.6) is 0 Å². The summed E-state index contributed by atoms with van der Waals surface area (Å²) < 4.78 is 5.57. The molecule has 0 aromatic heterocycles. The molecule has 4 heteroatoms. The Morgan fingerprint density at radius 3 is 2.71 bits per heavy atom. The van der Waals surface area contributed by atoms with Gasteiger partial charge in [-0.25, -0.2) is 0 Å². The number of halogens is 1. The quantitative estimate of drug-likeness (QED) is 0.724. The first-order chi connectivity index (χ1) is 6.46. The van der Waals surface area contributed by atoms with Crippen molar-refractivity contribution in [1.82, 2.24) is 4.90 Å². The van der Waals surface area contributed by atoms with Crippen molar-refractivity contribution in [3.63, 3.8) is 0 Å². The van der Waals surface area contributed by atoms with Crippen molar-refractivity contribution < 1.29 is 9.53 Å². The molecule has 1 heterocycles. The van der Waals surface area contributed by atoms with Crippen molar-refractivity contribution in [2.45, 2.75) is 37.6 Å². The molecule has 0 saturated carbocycles. The number of alkyl halides is 1. The van der Waals surface area contributed by atoms with Crippen LogP contribution >= 0.6 is 15.9 Å². The van der Waals surface area contributed by atoms with Gasteiger partial charge in [0.05, 0.1) is 10.4 Å². The highest BCUT2D eigenvalue weighted by Gasteiger charge is 2.33. The van der Waals surface area contributed by atoms with Crippen molar-refractivity contribution in [3.8, 4) is 0 Å².